The third-order valence-electron chi connectivity index (χ3n) is 7.99. The Morgan fingerprint density at radius 3 is 2.50 bits per heavy atom. The smallest absolute Gasteiger partial charge is 0.260 e. The molecule has 2 unspecified atom stereocenters. The fourth-order valence-corrected chi connectivity index (χ4v) is 5.77. The van der Waals surface area contributed by atoms with Gasteiger partial charge in [-0.15, -0.1) is 9.24 Å². The third-order valence-corrected chi connectivity index (χ3v) is 8.44. The van der Waals surface area contributed by atoms with Crippen LogP contribution in [0, 0.1) is 5.82 Å². The fourth-order valence-electron chi connectivity index (χ4n) is 5.26. The zero-order chi connectivity index (χ0) is 32.6. The van der Waals surface area contributed by atoms with E-state index >= 15 is 4.39 Å². The highest BCUT2D eigenvalue weighted by Gasteiger charge is 2.23. The Balaban J connectivity index is 0.00000259. The van der Waals surface area contributed by atoms with Gasteiger partial charge in [-0.05, 0) is 81.8 Å². The highest BCUT2D eigenvalue weighted by molar-refractivity contribution is 7.27. The SMILES string of the molecule is CC.CC(=C\C=C(/C)C(C)N1CC=C(c2c(F)cc(C(=O)N(C)C)cc2P)CC1)/N=C/C=C(\C)n1ccc2c(c1=O)CCN2. The molecule has 7 nitrogen and oxygen atoms in total. The lowest BCUT2D eigenvalue weighted by Gasteiger charge is -2.33. The summed E-state index contributed by atoms with van der Waals surface area (Å²) in [5, 5.41) is 3.94. The minimum atomic E-state index is -0.362. The van der Waals surface area contributed by atoms with Crippen LogP contribution in [0.4, 0.5) is 10.1 Å². The number of fused-ring (bicyclic) bond motifs is 1. The van der Waals surface area contributed by atoms with Crippen molar-refractivity contribution < 1.29 is 9.18 Å². The van der Waals surface area contributed by atoms with E-state index in [-0.39, 0.29) is 23.3 Å². The molecule has 0 radical (unpaired) electrons. The number of nitrogens with zero attached hydrogens (tertiary/aromatic N) is 4. The van der Waals surface area contributed by atoms with Crippen molar-refractivity contribution in [3.8, 4) is 0 Å². The van der Waals surface area contributed by atoms with Crippen LogP contribution in [0.5, 0.6) is 0 Å². The number of nitrogens with one attached hydrogen (secondary N) is 1. The molecule has 2 aliphatic heterocycles. The summed E-state index contributed by atoms with van der Waals surface area (Å²) in [6, 6.07) is 5.24. The Morgan fingerprint density at radius 1 is 1.14 bits per heavy atom. The number of benzene rings is 1. The number of pyridine rings is 1. The molecule has 1 amide bonds. The summed E-state index contributed by atoms with van der Waals surface area (Å²) in [5.74, 6) is -0.574. The highest BCUT2D eigenvalue weighted by Crippen LogP contribution is 2.27. The summed E-state index contributed by atoms with van der Waals surface area (Å²) in [5.41, 5.74) is 6.57. The molecule has 4 rings (SSSR count). The fraction of sp³-hybridized carbons (Fsp3) is 0.400. The predicted molar refractivity (Wildman–Crippen MR) is 188 cm³/mol. The van der Waals surface area contributed by atoms with E-state index in [4.69, 9.17) is 0 Å². The number of carbonyl (C=O) groups excluding carboxylic acids is 1. The lowest BCUT2D eigenvalue weighted by molar-refractivity contribution is 0.0827. The van der Waals surface area contributed by atoms with Crippen LogP contribution >= 0.6 is 9.24 Å². The van der Waals surface area contributed by atoms with E-state index < -0.39 is 0 Å². The molecule has 2 atom stereocenters. The van der Waals surface area contributed by atoms with Gasteiger partial charge >= 0.3 is 0 Å². The summed E-state index contributed by atoms with van der Waals surface area (Å²) in [6.07, 6.45) is 13.0. The van der Waals surface area contributed by atoms with Crippen LogP contribution in [0.25, 0.3) is 11.3 Å². The van der Waals surface area contributed by atoms with Crippen molar-refractivity contribution in [1.82, 2.24) is 14.4 Å². The van der Waals surface area contributed by atoms with Crippen LogP contribution in [-0.4, -0.2) is 66.3 Å². The second-order valence-corrected chi connectivity index (χ2v) is 11.8. The van der Waals surface area contributed by atoms with Crippen LogP contribution in [0.1, 0.15) is 69.4 Å². The van der Waals surface area contributed by atoms with Crippen LogP contribution < -0.4 is 16.2 Å². The van der Waals surface area contributed by atoms with Crippen LogP contribution in [-0.2, 0) is 6.42 Å². The van der Waals surface area contributed by atoms with Crippen molar-refractivity contribution in [2.45, 2.75) is 60.4 Å². The second-order valence-electron chi connectivity index (χ2n) is 11.1. The average Bonchev–Trinajstić information content (AvgIpc) is 3.50. The van der Waals surface area contributed by atoms with Gasteiger partial charge in [0.2, 0.25) is 0 Å². The molecular formula is C35H47FN5O2P. The number of halogens is 1. The molecule has 0 bridgehead atoms. The summed E-state index contributed by atoms with van der Waals surface area (Å²) >= 11 is 0. The first kappa shape index (κ1) is 34.9. The van der Waals surface area contributed by atoms with Gasteiger partial charge in [-0.25, -0.2) is 4.39 Å². The molecule has 1 N–H and O–H groups in total. The number of aromatic nitrogens is 1. The first-order valence-corrected chi connectivity index (χ1v) is 15.8. The maximum atomic E-state index is 15.1. The number of carbonyl (C=O) groups is 1. The number of hydrogen-bond acceptors (Lipinski definition) is 5. The van der Waals surface area contributed by atoms with Gasteiger partial charge < -0.3 is 10.2 Å². The van der Waals surface area contributed by atoms with Gasteiger partial charge in [0.1, 0.15) is 5.82 Å². The van der Waals surface area contributed by atoms with Crippen molar-refractivity contribution >= 4 is 43.6 Å². The maximum absolute atomic E-state index is 15.1. The molecule has 236 valence electrons. The Kier molecular flexibility index (Phi) is 12.6. The van der Waals surface area contributed by atoms with E-state index in [0.29, 0.717) is 23.0 Å². The Hall–Kier alpha value is -3.61. The van der Waals surface area contributed by atoms with E-state index in [2.05, 4.69) is 50.4 Å². The largest absolute Gasteiger partial charge is 0.384 e. The van der Waals surface area contributed by atoms with Gasteiger partial charge in [-0.3, -0.25) is 24.0 Å². The summed E-state index contributed by atoms with van der Waals surface area (Å²) in [7, 11) is 5.91. The van der Waals surface area contributed by atoms with E-state index in [0.717, 1.165) is 54.1 Å². The molecule has 0 saturated heterocycles. The zero-order valence-electron chi connectivity index (χ0n) is 27.4. The van der Waals surface area contributed by atoms with Crippen molar-refractivity contribution in [1.29, 1.82) is 0 Å². The van der Waals surface area contributed by atoms with Crippen molar-refractivity contribution in [2.75, 3.05) is 39.0 Å². The first-order chi connectivity index (χ1) is 21.0. The molecule has 2 aliphatic rings. The van der Waals surface area contributed by atoms with Crippen LogP contribution in [0.3, 0.4) is 0 Å². The molecule has 9 heteroatoms. The number of hydrogen-bond donors (Lipinski definition) is 1. The summed E-state index contributed by atoms with van der Waals surface area (Å²) in [4.78, 5) is 33.3. The predicted octanol–water partition coefficient (Wildman–Crippen LogP) is 6.14. The number of amides is 1. The van der Waals surface area contributed by atoms with Gasteiger partial charge in [0, 0.05) is 86.0 Å². The molecule has 0 fully saturated rings. The van der Waals surface area contributed by atoms with Gasteiger partial charge in [-0.1, -0.05) is 31.6 Å². The number of allylic oxidation sites excluding steroid dienone is 5. The van der Waals surface area contributed by atoms with E-state index in [1.165, 1.54) is 16.5 Å². The maximum Gasteiger partial charge on any atom is 0.260 e. The molecule has 1 aromatic heterocycles. The normalized spacial score (nSPS) is 16.6. The quantitative estimate of drug-likeness (QED) is 0.219. The second kappa shape index (κ2) is 15.9. The lowest BCUT2D eigenvalue weighted by atomic mass is 9.96. The van der Waals surface area contributed by atoms with Gasteiger partial charge in [0.05, 0.1) is 0 Å². The monoisotopic (exact) mass is 619 g/mol. The number of aliphatic imine (C=N–C) groups is 1. The zero-order valence-corrected chi connectivity index (χ0v) is 28.5. The topological polar surface area (TPSA) is 69.9 Å². The minimum absolute atomic E-state index is 0.0210. The van der Waals surface area contributed by atoms with Crippen molar-refractivity contribution in [2.24, 2.45) is 4.99 Å². The average molecular weight is 620 g/mol. The lowest BCUT2D eigenvalue weighted by Crippen LogP contribution is -2.37. The summed E-state index contributed by atoms with van der Waals surface area (Å²) in [6.45, 7) is 14.5. The van der Waals surface area contributed by atoms with Crippen LogP contribution in [0.2, 0.25) is 0 Å². The first-order valence-electron chi connectivity index (χ1n) is 15.3. The Morgan fingerprint density at radius 2 is 1.86 bits per heavy atom. The number of rotatable bonds is 8. The molecule has 2 aromatic rings. The highest BCUT2D eigenvalue weighted by atomic mass is 31.0. The summed E-state index contributed by atoms with van der Waals surface area (Å²) < 4.78 is 16.7. The number of anilines is 1. The van der Waals surface area contributed by atoms with Crippen molar-refractivity contribution in [3.63, 3.8) is 0 Å². The molecule has 0 saturated carbocycles. The van der Waals surface area contributed by atoms with Crippen LogP contribution in [0.15, 0.2) is 69.8 Å². The third kappa shape index (κ3) is 8.30. The standard InChI is InChI=1S/C33H41FN5O2P.C2H6/c1-21(7-8-22(2)35-14-9-23(3)39-18-13-29-27(33(39)41)10-15-36-29)24(4)38-16-11-25(12-17-38)31-28(34)19-26(20-30(31)42)32(40)37(5)6;1-2/h7-9,11,13-14,18-20,24,36H,10,12,15-17,42H2,1-6H3;1-2H3/b21-7+,22-8+,23-9+,35-14+;. The molecule has 1 aromatic carbocycles. The minimum Gasteiger partial charge on any atom is -0.384 e. The van der Waals surface area contributed by atoms with Gasteiger partial charge in [0.15, 0.2) is 0 Å². The van der Waals surface area contributed by atoms with E-state index in [1.807, 2.05) is 45.9 Å². The Labute approximate surface area is 264 Å². The molecule has 0 aliphatic carbocycles. The van der Waals surface area contributed by atoms with E-state index in [9.17, 15) is 9.59 Å². The van der Waals surface area contributed by atoms with E-state index in [1.54, 1.807) is 37.1 Å². The Bertz CT molecular complexity index is 1560. The van der Waals surface area contributed by atoms with Gasteiger partial charge in [-0.2, -0.15) is 0 Å². The van der Waals surface area contributed by atoms with Gasteiger partial charge in [0.25, 0.3) is 11.5 Å². The molecule has 0 spiro atoms. The molecule has 3 heterocycles. The van der Waals surface area contributed by atoms with Crippen molar-refractivity contribution in [3.05, 3.63) is 92.8 Å². The molecular weight excluding hydrogens is 572 g/mol. The molecule has 44 heavy (non-hydrogen) atoms.